The molecule has 1 amide bonds. The van der Waals surface area contributed by atoms with Crippen LogP contribution >= 0.6 is 0 Å². The van der Waals surface area contributed by atoms with E-state index in [0.29, 0.717) is 0 Å². The summed E-state index contributed by atoms with van der Waals surface area (Å²) >= 11 is 0. The fourth-order valence-electron chi connectivity index (χ4n) is 0.785. The lowest BCUT2D eigenvalue weighted by Crippen LogP contribution is -2.33. The van der Waals surface area contributed by atoms with Crippen molar-refractivity contribution in [3.05, 3.63) is 0 Å². The smallest absolute Gasteiger partial charge is 0.261 e. The van der Waals surface area contributed by atoms with Gasteiger partial charge >= 0.3 is 0 Å². The van der Waals surface area contributed by atoms with Crippen molar-refractivity contribution in [3.63, 3.8) is 0 Å². The lowest BCUT2D eigenvalue weighted by atomic mass is 9.96. The molecule has 0 spiro atoms. The second-order valence-electron chi connectivity index (χ2n) is 3.99. The molecule has 16 heavy (non-hydrogen) atoms. The fraction of sp³-hybridized carbons (Fsp3) is 0.800. The molecule has 0 unspecified atom stereocenters. The molecule has 0 aliphatic rings. The first kappa shape index (κ1) is 14.8. The Morgan fingerprint density at radius 1 is 1.56 bits per heavy atom. The van der Waals surface area contributed by atoms with Crippen LogP contribution in [0.1, 0.15) is 20.3 Å². The highest BCUT2D eigenvalue weighted by Gasteiger charge is 2.17. The molecular weight excluding hydrogens is 218 g/mol. The van der Waals surface area contributed by atoms with Gasteiger partial charge in [0.2, 0.25) is 5.91 Å². The van der Waals surface area contributed by atoms with Crippen LogP contribution in [-0.2, 0) is 9.53 Å². The van der Waals surface area contributed by atoms with Crippen LogP contribution in [0.2, 0.25) is 0 Å². The molecule has 0 aromatic rings. The van der Waals surface area contributed by atoms with Crippen molar-refractivity contribution in [2.45, 2.75) is 26.7 Å². The second kappa shape index (κ2) is 7.12. The van der Waals surface area contributed by atoms with Crippen LogP contribution < -0.4 is 5.32 Å². The maximum Gasteiger partial charge on any atom is 0.261 e. The Hall–Kier alpha value is -1.22. The lowest BCUT2D eigenvalue weighted by molar-refractivity contribution is -0.122. The second-order valence-corrected chi connectivity index (χ2v) is 3.99. The molecule has 6 heteroatoms. The molecule has 1 N–H and O–H groups in total. The topological polar surface area (TPSA) is 62.1 Å². The molecule has 0 saturated carbocycles. The molecule has 0 radical (unpaired) electrons. The molecule has 0 fully saturated rings. The third-order valence-corrected chi connectivity index (χ3v) is 1.75. The first-order valence-electron chi connectivity index (χ1n) is 4.91. The van der Waals surface area contributed by atoms with Gasteiger partial charge in [-0.05, 0) is 13.8 Å². The molecule has 0 saturated heterocycles. The molecule has 92 valence electrons. The first-order chi connectivity index (χ1) is 7.37. The summed E-state index contributed by atoms with van der Waals surface area (Å²) in [6.07, 6.45) is -2.49. The van der Waals surface area contributed by atoms with Gasteiger partial charge in [0.15, 0.2) is 0 Å². The SMILES string of the molecule is CC(C)(C#N)CNC(=O)CCOCC(F)F. The maximum atomic E-state index is 11.6. The molecule has 0 aliphatic carbocycles. The van der Waals surface area contributed by atoms with Crippen LogP contribution in [0.15, 0.2) is 0 Å². The highest BCUT2D eigenvalue weighted by molar-refractivity contribution is 5.76. The van der Waals surface area contributed by atoms with E-state index < -0.39 is 18.4 Å². The number of halogens is 2. The summed E-state index contributed by atoms with van der Waals surface area (Å²) in [6.45, 7) is 2.93. The Labute approximate surface area is 93.6 Å². The predicted molar refractivity (Wildman–Crippen MR) is 53.8 cm³/mol. The van der Waals surface area contributed by atoms with E-state index in [0.717, 1.165) is 0 Å². The number of hydrogen-bond donors (Lipinski definition) is 1. The number of nitriles is 1. The Morgan fingerprint density at radius 2 is 2.19 bits per heavy atom. The van der Waals surface area contributed by atoms with E-state index >= 15 is 0 Å². The van der Waals surface area contributed by atoms with E-state index in [1.54, 1.807) is 13.8 Å². The Balaban J connectivity index is 3.57. The third-order valence-electron chi connectivity index (χ3n) is 1.75. The van der Waals surface area contributed by atoms with E-state index in [1.807, 2.05) is 6.07 Å². The molecule has 0 rings (SSSR count). The first-order valence-corrected chi connectivity index (χ1v) is 4.91. The number of hydrogen-bond acceptors (Lipinski definition) is 3. The van der Waals surface area contributed by atoms with E-state index in [-0.39, 0.29) is 25.5 Å². The van der Waals surface area contributed by atoms with Gasteiger partial charge in [-0.15, -0.1) is 0 Å². The number of carbonyl (C=O) groups is 1. The van der Waals surface area contributed by atoms with Gasteiger partial charge in [0.1, 0.15) is 6.61 Å². The van der Waals surface area contributed by atoms with E-state index in [4.69, 9.17) is 5.26 Å². The number of alkyl halides is 2. The van der Waals surface area contributed by atoms with Crippen molar-refractivity contribution in [1.82, 2.24) is 5.32 Å². The minimum atomic E-state index is -2.51. The maximum absolute atomic E-state index is 11.6. The standard InChI is InChI=1S/C10H16F2N2O2/c1-10(2,6-13)7-14-9(15)3-4-16-5-8(11)12/h8H,3-5,7H2,1-2H3,(H,14,15). The number of amides is 1. The van der Waals surface area contributed by atoms with Gasteiger partial charge in [0, 0.05) is 13.0 Å². The van der Waals surface area contributed by atoms with Crippen molar-refractivity contribution >= 4 is 5.91 Å². The zero-order valence-electron chi connectivity index (χ0n) is 9.43. The van der Waals surface area contributed by atoms with Gasteiger partial charge in [-0.25, -0.2) is 8.78 Å². The number of ether oxygens (including phenoxy) is 1. The van der Waals surface area contributed by atoms with Crippen molar-refractivity contribution in [1.29, 1.82) is 5.26 Å². The highest BCUT2D eigenvalue weighted by atomic mass is 19.3. The molecule has 0 aromatic carbocycles. The molecule has 0 bridgehead atoms. The average Bonchev–Trinajstić information content (AvgIpc) is 2.21. The Kier molecular flexibility index (Phi) is 6.58. The summed E-state index contributed by atoms with van der Waals surface area (Å²) in [5, 5.41) is 11.2. The zero-order chi connectivity index (χ0) is 12.6. The van der Waals surface area contributed by atoms with Crippen LogP contribution in [0.5, 0.6) is 0 Å². The van der Waals surface area contributed by atoms with Gasteiger partial charge in [-0.3, -0.25) is 4.79 Å². The van der Waals surface area contributed by atoms with Crippen LogP contribution in [0.25, 0.3) is 0 Å². The normalized spacial score (nSPS) is 11.2. The summed E-state index contributed by atoms with van der Waals surface area (Å²) in [4.78, 5) is 11.2. The molecule has 0 aliphatic heterocycles. The largest absolute Gasteiger partial charge is 0.375 e. The van der Waals surface area contributed by atoms with Crippen molar-refractivity contribution in [3.8, 4) is 6.07 Å². The third kappa shape index (κ3) is 8.12. The van der Waals surface area contributed by atoms with Gasteiger partial charge < -0.3 is 10.1 Å². The van der Waals surface area contributed by atoms with Gasteiger partial charge in [0.25, 0.3) is 6.43 Å². The van der Waals surface area contributed by atoms with Crippen molar-refractivity contribution < 1.29 is 18.3 Å². The van der Waals surface area contributed by atoms with Crippen LogP contribution in [-0.4, -0.2) is 32.1 Å². The number of nitrogens with one attached hydrogen (secondary N) is 1. The van der Waals surface area contributed by atoms with Gasteiger partial charge in [0.05, 0.1) is 18.1 Å². The number of carbonyl (C=O) groups excluding carboxylic acids is 1. The van der Waals surface area contributed by atoms with Crippen LogP contribution in [0.4, 0.5) is 8.78 Å². The lowest BCUT2D eigenvalue weighted by Gasteiger charge is -2.15. The molecular formula is C10H16F2N2O2. The van der Waals surface area contributed by atoms with Crippen molar-refractivity contribution in [2.24, 2.45) is 5.41 Å². The average molecular weight is 234 g/mol. The number of rotatable bonds is 7. The Morgan fingerprint density at radius 3 is 2.69 bits per heavy atom. The molecule has 0 heterocycles. The summed E-state index contributed by atoms with van der Waals surface area (Å²) in [5.74, 6) is -0.308. The fourth-order valence-corrected chi connectivity index (χ4v) is 0.785. The number of nitrogens with zero attached hydrogens (tertiary/aromatic N) is 1. The predicted octanol–water partition coefficient (Wildman–Crippen LogP) is 1.32. The van der Waals surface area contributed by atoms with E-state index in [9.17, 15) is 13.6 Å². The van der Waals surface area contributed by atoms with Gasteiger partial charge in [-0.1, -0.05) is 0 Å². The summed E-state index contributed by atoms with van der Waals surface area (Å²) < 4.78 is 27.8. The van der Waals surface area contributed by atoms with Crippen LogP contribution in [0.3, 0.4) is 0 Å². The molecule has 0 atom stereocenters. The monoisotopic (exact) mass is 234 g/mol. The van der Waals surface area contributed by atoms with Crippen molar-refractivity contribution in [2.75, 3.05) is 19.8 Å². The minimum absolute atomic E-state index is 0.0221. The van der Waals surface area contributed by atoms with E-state index in [1.165, 1.54) is 0 Å². The highest BCUT2D eigenvalue weighted by Crippen LogP contribution is 2.10. The summed E-state index contributed by atoms with van der Waals surface area (Å²) in [7, 11) is 0. The molecule has 4 nitrogen and oxygen atoms in total. The van der Waals surface area contributed by atoms with Crippen LogP contribution in [0, 0.1) is 16.7 Å². The molecule has 0 aromatic heterocycles. The minimum Gasteiger partial charge on any atom is -0.375 e. The quantitative estimate of drug-likeness (QED) is 0.676. The summed E-state index contributed by atoms with van der Waals surface area (Å²) in [5.41, 5.74) is -0.626. The van der Waals surface area contributed by atoms with E-state index in [2.05, 4.69) is 10.1 Å². The zero-order valence-corrected chi connectivity index (χ0v) is 9.43. The Bertz CT molecular complexity index is 262. The summed E-state index contributed by atoms with van der Waals surface area (Å²) in [6, 6.07) is 2.03. The van der Waals surface area contributed by atoms with Gasteiger partial charge in [-0.2, -0.15) is 5.26 Å².